The van der Waals surface area contributed by atoms with Crippen molar-refractivity contribution in [2.45, 2.75) is 26.2 Å². The molecule has 4 heteroatoms. The second-order valence-electron chi connectivity index (χ2n) is 4.18. The summed E-state index contributed by atoms with van der Waals surface area (Å²) in [6.45, 7) is 4.79. The summed E-state index contributed by atoms with van der Waals surface area (Å²) in [4.78, 5) is 4.64. The highest BCUT2D eigenvalue weighted by Crippen LogP contribution is 2.33. The van der Waals surface area contributed by atoms with Crippen LogP contribution in [0.2, 0.25) is 0 Å². The number of hydrogen-bond acceptors (Lipinski definition) is 4. The molecular formula is C13H21NO3. The van der Waals surface area contributed by atoms with E-state index in [9.17, 15) is 0 Å². The van der Waals surface area contributed by atoms with E-state index in [0.29, 0.717) is 12.5 Å². The molecule has 1 rings (SSSR count). The zero-order valence-electron chi connectivity index (χ0n) is 10.9. The van der Waals surface area contributed by atoms with E-state index < -0.39 is 0 Å². The van der Waals surface area contributed by atoms with E-state index in [1.165, 1.54) is 11.1 Å². The average molecular weight is 239 g/mol. The standard InChI is InChI=1S/C13H21NO3/c1-9(2)11-8-13(16-4)12(15-3)7-10(11)5-6-17-14/h7-9H,5-6,14H2,1-4H3. The summed E-state index contributed by atoms with van der Waals surface area (Å²) >= 11 is 0. The van der Waals surface area contributed by atoms with Gasteiger partial charge in [0.05, 0.1) is 20.8 Å². The monoisotopic (exact) mass is 239 g/mol. The molecule has 0 aliphatic rings. The Kier molecular flexibility index (Phi) is 5.25. The van der Waals surface area contributed by atoms with Gasteiger partial charge in [-0.1, -0.05) is 13.8 Å². The van der Waals surface area contributed by atoms with Gasteiger partial charge in [-0.25, -0.2) is 5.90 Å². The number of benzene rings is 1. The fourth-order valence-corrected chi connectivity index (χ4v) is 1.86. The zero-order chi connectivity index (χ0) is 12.8. The zero-order valence-corrected chi connectivity index (χ0v) is 10.9. The van der Waals surface area contributed by atoms with Crippen molar-refractivity contribution < 1.29 is 14.3 Å². The Morgan fingerprint density at radius 1 is 1.12 bits per heavy atom. The SMILES string of the molecule is COc1cc(CCON)c(C(C)C)cc1OC. The number of ether oxygens (including phenoxy) is 2. The Morgan fingerprint density at radius 2 is 1.71 bits per heavy atom. The lowest BCUT2D eigenvalue weighted by Crippen LogP contribution is -2.07. The van der Waals surface area contributed by atoms with Crippen LogP contribution < -0.4 is 15.4 Å². The van der Waals surface area contributed by atoms with Gasteiger partial charge < -0.3 is 14.3 Å². The largest absolute Gasteiger partial charge is 0.493 e. The molecule has 0 amide bonds. The molecule has 0 fully saturated rings. The van der Waals surface area contributed by atoms with Crippen LogP contribution >= 0.6 is 0 Å². The van der Waals surface area contributed by atoms with Crippen molar-refractivity contribution in [1.29, 1.82) is 0 Å². The van der Waals surface area contributed by atoms with E-state index in [0.717, 1.165) is 17.9 Å². The van der Waals surface area contributed by atoms with Gasteiger partial charge >= 0.3 is 0 Å². The van der Waals surface area contributed by atoms with E-state index in [-0.39, 0.29) is 0 Å². The van der Waals surface area contributed by atoms with Gasteiger partial charge in [-0.15, -0.1) is 0 Å². The predicted octanol–water partition coefficient (Wildman–Crippen LogP) is 2.26. The molecule has 4 nitrogen and oxygen atoms in total. The number of methoxy groups -OCH3 is 2. The molecule has 0 radical (unpaired) electrons. The van der Waals surface area contributed by atoms with E-state index >= 15 is 0 Å². The van der Waals surface area contributed by atoms with Gasteiger partial charge in [-0.2, -0.15) is 0 Å². The highest BCUT2D eigenvalue weighted by atomic mass is 16.6. The molecule has 0 aliphatic carbocycles. The van der Waals surface area contributed by atoms with Crippen LogP contribution in [-0.2, 0) is 11.3 Å². The molecule has 0 unspecified atom stereocenters. The van der Waals surface area contributed by atoms with E-state index in [4.69, 9.17) is 15.4 Å². The fourth-order valence-electron chi connectivity index (χ4n) is 1.86. The maximum atomic E-state index is 5.31. The van der Waals surface area contributed by atoms with Crippen LogP contribution in [-0.4, -0.2) is 20.8 Å². The first-order valence-corrected chi connectivity index (χ1v) is 5.70. The molecule has 1 aromatic rings. The molecule has 0 saturated heterocycles. The van der Waals surface area contributed by atoms with E-state index in [1.807, 2.05) is 12.1 Å². The van der Waals surface area contributed by atoms with Crippen LogP contribution in [0.1, 0.15) is 30.9 Å². The van der Waals surface area contributed by atoms with Crippen LogP contribution in [0, 0.1) is 0 Å². The number of hydrogen-bond donors (Lipinski definition) is 1. The summed E-state index contributed by atoms with van der Waals surface area (Å²) in [5.74, 6) is 6.99. The first-order valence-electron chi connectivity index (χ1n) is 5.70. The second kappa shape index (κ2) is 6.47. The number of nitrogens with two attached hydrogens (primary N) is 1. The van der Waals surface area contributed by atoms with Gasteiger partial charge in [-0.05, 0) is 35.6 Å². The maximum absolute atomic E-state index is 5.31. The summed E-state index contributed by atoms with van der Waals surface area (Å²) < 4.78 is 10.6. The molecule has 2 N–H and O–H groups in total. The summed E-state index contributed by atoms with van der Waals surface area (Å²) in [5, 5.41) is 0. The minimum atomic E-state index is 0.419. The first kappa shape index (κ1) is 13.8. The first-order chi connectivity index (χ1) is 8.13. The van der Waals surface area contributed by atoms with E-state index in [2.05, 4.69) is 18.7 Å². The minimum absolute atomic E-state index is 0.419. The molecule has 1 aromatic carbocycles. The Morgan fingerprint density at radius 3 is 2.18 bits per heavy atom. The van der Waals surface area contributed by atoms with Gasteiger partial charge in [0.25, 0.3) is 0 Å². The fraction of sp³-hybridized carbons (Fsp3) is 0.538. The third-order valence-corrected chi connectivity index (χ3v) is 2.76. The van der Waals surface area contributed by atoms with Crippen LogP contribution in [0.5, 0.6) is 11.5 Å². The van der Waals surface area contributed by atoms with Gasteiger partial charge in [0.2, 0.25) is 0 Å². The lowest BCUT2D eigenvalue weighted by atomic mass is 9.95. The van der Waals surface area contributed by atoms with Crippen molar-refractivity contribution in [3.8, 4) is 11.5 Å². The lowest BCUT2D eigenvalue weighted by molar-refractivity contribution is 0.141. The Balaban J connectivity index is 3.15. The average Bonchev–Trinajstić information content (AvgIpc) is 2.34. The van der Waals surface area contributed by atoms with Crippen molar-refractivity contribution in [1.82, 2.24) is 0 Å². The van der Waals surface area contributed by atoms with Gasteiger partial charge in [-0.3, -0.25) is 0 Å². The molecule has 0 aliphatic heterocycles. The minimum Gasteiger partial charge on any atom is -0.493 e. The smallest absolute Gasteiger partial charge is 0.161 e. The summed E-state index contributed by atoms with van der Waals surface area (Å²) in [6.07, 6.45) is 0.768. The third-order valence-electron chi connectivity index (χ3n) is 2.76. The molecule has 96 valence electrons. The topological polar surface area (TPSA) is 53.7 Å². The molecule has 0 saturated carbocycles. The molecule has 17 heavy (non-hydrogen) atoms. The Hall–Kier alpha value is -1.26. The predicted molar refractivity (Wildman–Crippen MR) is 67.5 cm³/mol. The number of rotatable bonds is 6. The van der Waals surface area contributed by atoms with Gasteiger partial charge in [0, 0.05) is 0 Å². The van der Waals surface area contributed by atoms with Crippen molar-refractivity contribution in [3.05, 3.63) is 23.3 Å². The lowest BCUT2D eigenvalue weighted by Gasteiger charge is -2.17. The van der Waals surface area contributed by atoms with Crippen molar-refractivity contribution >= 4 is 0 Å². The maximum Gasteiger partial charge on any atom is 0.161 e. The molecule has 0 aromatic heterocycles. The van der Waals surface area contributed by atoms with Gasteiger partial charge in [0.1, 0.15) is 0 Å². The molecule has 0 atom stereocenters. The van der Waals surface area contributed by atoms with E-state index in [1.54, 1.807) is 14.2 Å². The van der Waals surface area contributed by atoms with Crippen LogP contribution in [0.3, 0.4) is 0 Å². The van der Waals surface area contributed by atoms with Crippen LogP contribution in [0.15, 0.2) is 12.1 Å². The molecular weight excluding hydrogens is 218 g/mol. The summed E-state index contributed by atoms with van der Waals surface area (Å²) in [5.41, 5.74) is 2.42. The molecule has 0 bridgehead atoms. The normalized spacial score (nSPS) is 10.7. The molecule has 0 heterocycles. The van der Waals surface area contributed by atoms with Crippen molar-refractivity contribution in [2.75, 3.05) is 20.8 Å². The second-order valence-corrected chi connectivity index (χ2v) is 4.18. The molecule has 0 spiro atoms. The Labute approximate surface area is 103 Å². The highest BCUT2D eigenvalue weighted by Gasteiger charge is 2.13. The quantitative estimate of drug-likeness (QED) is 0.774. The highest BCUT2D eigenvalue weighted by molar-refractivity contribution is 5.48. The van der Waals surface area contributed by atoms with Crippen LogP contribution in [0.4, 0.5) is 0 Å². The third kappa shape index (κ3) is 3.35. The Bertz CT molecular complexity index is 364. The summed E-state index contributed by atoms with van der Waals surface area (Å²) in [7, 11) is 3.28. The summed E-state index contributed by atoms with van der Waals surface area (Å²) in [6, 6.07) is 4.02. The van der Waals surface area contributed by atoms with Gasteiger partial charge in [0.15, 0.2) is 11.5 Å². The van der Waals surface area contributed by atoms with Crippen molar-refractivity contribution in [2.24, 2.45) is 5.90 Å². The van der Waals surface area contributed by atoms with Crippen molar-refractivity contribution in [3.63, 3.8) is 0 Å². The van der Waals surface area contributed by atoms with Crippen LogP contribution in [0.25, 0.3) is 0 Å².